The molecule has 0 saturated heterocycles. The van der Waals surface area contributed by atoms with Crippen molar-refractivity contribution in [2.24, 2.45) is 5.73 Å². The summed E-state index contributed by atoms with van der Waals surface area (Å²) < 4.78 is 55.0. The fourth-order valence-electron chi connectivity index (χ4n) is 1.43. The number of alkyl halides is 4. The molecule has 0 aliphatic carbocycles. The van der Waals surface area contributed by atoms with Crippen molar-refractivity contribution in [2.75, 3.05) is 6.61 Å². The van der Waals surface area contributed by atoms with E-state index < -0.39 is 29.9 Å². The van der Waals surface area contributed by atoms with E-state index in [2.05, 4.69) is 4.74 Å². The number of esters is 1. The summed E-state index contributed by atoms with van der Waals surface area (Å²) in [5, 5.41) is 0. The van der Waals surface area contributed by atoms with E-state index in [9.17, 15) is 22.4 Å². The molecule has 0 bridgehead atoms. The van der Waals surface area contributed by atoms with E-state index in [1.54, 1.807) is 0 Å². The van der Waals surface area contributed by atoms with Crippen LogP contribution in [0.25, 0.3) is 0 Å². The SMILES string of the molecule is CCOC(=O)C(F)[C@H](N)c1ccc(C(F)(F)F)cc1.Cl. The second-order valence-electron chi connectivity index (χ2n) is 3.80. The Bertz CT molecular complexity index is 436. The summed E-state index contributed by atoms with van der Waals surface area (Å²) in [5.41, 5.74) is 4.70. The van der Waals surface area contributed by atoms with E-state index in [-0.39, 0.29) is 24.6 Å². The Morgan fingerprint density at radius 3 is 2.20 bits per heavy atom. The van der Waals surface area contributed by atoms with Gasteiger partial charge in [-0.15, -0.1) is 12.4 Å². The molecule has 0 aliphatic heterocycles. The van der Waals surface area contributed by atoms with Crippen LogP contribution in [0.5, 0.6) is 0 Å². The molecule has 0 radical (unpaired) electrons. The van der Waals surface area contributed by atoms with Gasteiger partial charge in [-0.25, -0.2) is 9.18 Å². The molecule has 0 aromatic heterocycles. The molecule has 20 heavy (non-hydrogen) atoms. The third kappa shape index (κ3) is 4.64. The lowest BCUT2D eigenvalue weighted by Crippen LogP contribution is -2.31. The Kier molecular flexibility index (Phi) is 6.95. The predicted octanol–water partition coefficient (Wildman–Crippen LogP) is 3.03. The molecule has 3 nitrogen and oxygen atoms in total. The monoisotopic (exact) mass is 315 g/mol. The summed E-state index contributed by atoms with van der Waals surface area (Å²) in [4.78, 5) is 11.1. The molecule has 0 saturated carbocycles. The third-order valence-electron chi connectivity index (χ3n) is 2.45. The highest BCUT2D eigenvalue weighted by molar-refractivity contribution is 5.85. The highest BCUT2D eigenvalue weighted by Gasteiger charge is 2.31. The second kappa shape index (κ2) is 7.44. The summed E-state index contributed by atoms with van der Waals surface area (Å²) in [6.07, 6.45) is -6.59. The zero-order valence-electron chi connectivity index (χ0n) is 10.5. The number of hydrogen-bond donors (Lipinski definition) is 1. The van der Waals surface area contributed by atoms with Crippen LogP contribution >= 0.6 is 12.4 Å². The van der Waals surface area contributed by atoms with Crippen LogP contribution in [-0.4, -0.2) is 18.7 Å². The Balaban J connectivity index is 0.00000361. The van der Waals surface area contributed by atoms with E-state index >= 15 is 0 Å². The normalized spacial score (nSPS) is 14.1. The van der Waals surface area contributed by atoms with Gasteiger partial charge in [0.25, 0.3) is 0 Å². The fraction of sp³-hybridized carbons (Fsp3) is 0.417. The number of benzene rings is 1. The first-order chi connectivity index (χ1) is 8.77. The van der Waals surface area contributed by atoms with Gasteiger partial charge in [-0.05, 0) is 24.6 Å². The predicted molar refractivity (Wildman–Crippen MR) is 67.1 cm³/mol. The van der Waals surface area contributed by atoms with E-state index in [0.29, 0.717) is 0 Å². The fourth-order valence-corrected chi connectivity index (χ4v) is 1.43. The van der Waals surface area contributed by atoms with Crippen LogP contribution in [0.4, 0.5) is 17.6 Å². The number of carbonyl (C=O) groups excluding carboxylic acids is 1. The average Bonchev–Trinajstić information content (AvgIpc) is 2.36. The lowest BCUT2D eigenvalue weighted by Gasteiger charge is -2.16. The number of halogens is 5. The Morgan fingerprint density at radius 2 is 1.80 bits per heavy atom. The molecule has 8 heteroatoms. The summed E-state index contributed by atoms with van der Waals surface area (Å²) in [5.74, 6) is -1.13. The topological polar surface area (TPSA) is 52.3 Å². The zero-order chi connectivity index (χ0) is 14.6. The Labute approximate surface area is 119 Å². The van der Waals surface area contributed by atoms with Gasteiger partial charge < -0.3 is 10.5 Å². The number of rotatable bonds is 4. The summed E-state index contributed by atoms with van der Waals surface area (Å²) >= 11 is 0. The Hall–Kier alpha value is -1.34. The number of nitrogens with two attached hydrogens (primary N) is 1. The van der Waals surface area contributed by atoms with Crippen LogP contribution in [-0.2, 0) is 15.7 Å². The molecule has 0 spiro atoms. The molecule has 1 aromatic rings. The molecular weight excluding hydrogens is 302 g/mol. The van der Waals surface area contributed by atoms with Crippen molar-refractivity contribution in [3.63, 3.8) is 0 Å². The van der Waals surface area contributed by atoms with Crippen molar-refractivity contribution in [3.8, 4) is 0 Å². The van der Waals surface area contributed by atoms with Gasteiger partial charge in [0.2, 0.25) is 6.17 Å². The van der Waals surface area contributed by atoms with Gasteiger partial charge in [0.05, 0.1) is 18.2 Å². The van der Waals surface area contributed by atoms with Crippen LogP contribution in [0.2, 0.25) is 0 Å². The quantitative estimate of drug-likeness (QED) is 0.686. The van der Waals surface area contributed by atoms with Crippen molar-refractivity contribution < 1.29 is 27.1 Å². The van der Waals surface area contributed by atoms with Gasteiger partial charge in [0, 0.05) is 0 Å². The van der Waals surface area contributed by atoms with Crippen LogP contribution < -0.4 is 5.73 Å². The molecule has 2 atom stereocenters. The minimum atomic E-state index is -4.47. The summed E-state index contributed by atoms with van der Waals surface area (Å²) in [7, 11) is 0. The molecule has 0 aliphatic rings. The van der Waals surface area contributed by atoms with Crippen LogP contribution in [0, 0.1) is 0 Å². The number of ether oxygens (including phenoxy) is 1. The van der Waals surface area contributed by atoms with Crippen molar-refractivity contribution in [1.82, 2.24) is 0 Å². The van der Waals surface area contributed by atoms with Crippen LogP contribution in [0.1, 0.15) is 24.1 Å². The first kappa shape index (κ1) is 18.7. The molecule has 1 rings (SSSR count). The first-order valence-corrected chi connectivity index (χ1v) is 5.50. The smallest absolute Gasteiger partial charge is 0.416 e. The molecular formula is C12H14ClF4NO2. The lowest BCUT2D eigenvalue weighted by molar-refractivity contribution is -0.150. The minimum absolute atomic E-state index is 0. The van der Waals surface area contributed by atoms with Crippen molar-refractivity contribution >= 4 is 18.4 Å². The highest BCUT2D eigenvalue weighted by Crippen LogP contribution is 2.30. The largest absolute Gasteiger partial charge is 0.464 e. The van der Waals surface area contributed by atoms with Crippen LogP contribution in [0.3, 0.4) is 0 Å². The van der Waals surface area contributed by atoms with Crippen molar-refractivity contribution in [2.45, 2.75) is 25.3 Å². The third-order valence-corrected chi connectivity index (χ3v) is 2.45. The molecule has 0 heterocycles. The van der Waals surface area contributed by atoms with E-state index in [0.717, 1.165) is 24.3 Å². The van der Waals surface area contributed by atoms with E-state index in [4.69, 9.17) is 5.73 Å². The molecule has 114 valence electrons. The molecule has 2 N–H and O–H groups in total. The maximum atomic E-state index is 13.6. The maximum absolute atomic E-state index is 13.6. The van der Waals surface area contributed by atoms with Crippen LogP contribution in [0.15, 0.2) is 24.3 Å². The van der Waals surface area contributed by atoms with Gasteiger partial charge in [0.15, 0.2) is 0 Å². The van der Waals surface area contributed by atoms with Crippen molar-refractivity contribution in [1.29, 1.82) is 0 Å². The van der Waals surface area contributed by atoms with E-state index in [1.807, 2.05) is 0 Å². The van der Waals surface area contributed by atoms with Gasteiger partial charge in [-0.3, -0.25) is 0 Å². The molecule has 1 aromatic carbocycles. The Morgan fingerprint density at radius 1 is 1.30 bits per heavy atom. The lowest BCUT2D eigenvalue weighted by atomic mass is 10.0. The molecule has 0 fully saturated rings. The highest BCUT2D eigenvalue weighted by atomic mass is 35.5. The van der Waals surface area contributed by atoms with Gasteiger partial charge in [-0.1, -0.05) is 12.1 Å². The first-order valence-electron chi connectivity index (χ1n) is 5.50. The number of hydrogen-bond acceptors (Lipinski definition) is 3. The maximum Gasteiger partial charge on any atom is 0.416 e. The average molecular weight is 316 g/mol. The van der Waals surface area contributed by atoms with Crippen molar-refractivity contribution in [3.05, 3.63) is 35.4 Å². The molecule has 1 unspecified atom stereocenters. The van der Waals surface area contributed by atoms with Gasteiger partial charge in [-0.2, -0.15) is 13.2 Å². The summed E-state index contributed by atoms with van der Waals surface area (Å²) in [6.45, 7) is 1.51. The standard InChI is InChI=1S/C12H13F4NO2.ClH/c1-2-19-11(18)9(13)10(17)7-3-5-8(6-4-7)12(14,15)16;/h3-6,9-10H,2,17H2,1H3;1H/t9?,10-;/m1./s1. The molecule has 0 amide bonds. The zero-order valence-corrected chi connectivity index (χ0v) is 11.3. The number of carbonyl (C=O) groups is 1. The second-order valence-corrected chi connectivity index (χ2v) is 3.80. The minimum Gasteiger partial charge on any atom is -0.464 e. The van der Waals surface area contributed by atoms with Gasteiger partial charge >= 0.3 is 12.1 Å². The van der Waals surface area contributed by atoms with Gasteiger partial charge in [0.1, 0.15) is 0 Å². The summed E-state index contributed by atoms with van der Waals surface area (Å²) in [6, 6.07) is 2.29. The van der Waals surface area contributed by atoms with E-state index in [1.165, 1.54) is 6.92 Å².